The van der Waals surface area contributed by atoms with Gasteiger partial charge >= 0.3 is 6.09 Å². The Morgan fingerprint density at radius 1 is 1.10 bits per heavy atom. The summed E-state index contributed by atoms with van der Waals surface area (Å²) in [7, 11) is 0. The number of ketones is 1. The number of rotatable bonds is 4. The van der Waals surface area contributed by atoms with Crippen LogP contribution in [0.1, 0.15) is 53.7 Å². The molecule has 0 radical (unpaired) electrons. The van der Waals surface area contributed by atoms with Crippen molar-refractivity contribution in [3.8, 4) is 0 Å². The predicted octanol–water partition coefficient (Wildman–Crippen LogP) is 4.68. The fourth-order valence-electron chi connectivity index (χ4n) is 4.70. The van der Waals surface area contributed by atoms with Crippen LogP contribution in [-0.4, -0.2) is 33.8 Å². The van der Waals surface area contributed by atoms with Crippen molar-refractivity contribution in [2.24, 2.45) is 5.92 Å². The Balaban J connectivity index is 1.44. The van der Waals surface area contributed by atoms with E-state index in [9.17, 15) is 14.0 Å². The first-order valence-electron chi connectivity index (χ1n) is 10.2. The first kappa shape index (κ1) is 19.6. The lowest BCUT2D eigenvalue weighted by molar-refractivity contribution is 0.00470. The third-order valence-corrected chi connectivity index (χ3v) is 6.08. The monoisotopic (exact) mass is 396 g/mol. The molecule has 2 unspecified atom stereocenters. The maximum atomic E-state index is 13.3. The molecule has 5 nitrogen and oxygen atoms in total. The normalized spacial score (nSPS) is 23.5. The molecule has 0 spiro atoms. The van der Waals surface area contributed by atoms with Gasteiger partial charge in [0.2, 0.25) is 5.95 Å². The van der Waals surface area contributed by atoms with E-state index in [0.29, 0.717) is 24.1 Å². The summed E-state index contributed by atoms with van der Waals surface area (Å²) in [5.74, 6) is -0.745. The fraction of sp³-hybridized carbons (Fsp3) is 0.435. The van der Waals surface area contributed by atoms with Gasteiger partial charge < -0.3 is 9.64 Å². The zero-order valence-electron chi connectivity index (χ0n) is 16.5. The van der Waals surface area contributed by atoms with Crippen LogP contribution in [0.5, 0.6) is 0 Å². The van der Waals surface area contributed by atoms with E-state index < -0.39 is 5.95 Å². The molecule has 2 saturated heterocycles. The van der Waals surface area contributed by atoms with Crippen LogP contribution < -0.4 is 0 Å². The lowest BCUT2D eigenvalue weighted by Crippen LogP contribution is -2.55. The molecule has 2 fully saturated rings. The molecule has 2 aliphatic heterocycles. The van der Waals surface area contributed by atoms with Gasteiger partial charge in [-0.25, -0.2) is 9.78 Å². The molecule has 6 heteroatoms. The number of ether oxygens (including phenoxy) is 1. The predicted molar refractivity (Wildman–Crippen MR) is 106 cm³/mol. The van der Waals surface area contributed by atoms with Crippen LogP contribution in [0.25, 0.3) is 0 Å². The van der Waals surface area contributed by atoms with E-state index >= 15 is 0 Å². The molecule has 0 aliphatic carbocycles. The van der Waals surface area contributed by atoms with Crippen LogP contribution in [0, 0.1) is 18.8 Å². The molecule has 29 heavy (non-hydrogen) atoms. The number of amides is 1. The molecule has 0 N–H and O–H groups in total. The summed E-state index contributed by atoms with van der Waals surface area (Å²) < 4.78 is 18.9. The maximum absolute atomic E-state index is 13.3. The topological polar surface area (TPSA) is 59.5 Å². The average molecular weight is 396 g/mol. The van der Waals surface area contributed by atoms with Gasteiger partial charge in [-0.3, -0.25) is 4.79 Å². The van der Waals surface area contributed by atoms with Crippen molar-refractivity contribution in [1.82, 2.24) is 9.88 Å². The summed E-state index contributed by atoms with van der Waals surface area (Å²) in [6, 6.07) is 12.4. The van der Waals surface area contributed by atoms with Gasteiger partial charge in [-0.15, -0.1) is 0 Å². The number of Topliss-reactive ketones (excluding diaryl/α,β-unsaturated/α-hetero) is 1. The molecule has 2 bridgehead atoms. The molecule has 1 aromatic carbocycles. The number of nitrogens with zero attached hydrogens (tertiary/aromatic N) is 2. The minimum atomic E-state index is -0.577. The Hall–Kier alpha value is -2.76. The van der Waals surface area contributed by atoms with Crippen molar-refractivity contribution in [2.75, 3.05) is 0 Å². The second kappa shape index (κ2) is 8.31. The molecule has 152 valence electrons. The number of hydrogen-bond acceptors (Lipinski definition) is 4. The van der Waals surface area contributed by atoms with E-state index in [0.717, 1.165) is 24.8 Å². The van der Waals surface area contributed by atoms with Crippen LogP contribution in [-0.2, 0) is 11.3 Å². The Morgan fingerprint density at radius 2 is 1.79 bits per heavy atom. The largest absolute Gasteiger partial charge is 0.445 e. The third-order valence-electron chi connectivity index (χ3n) is 6.08. The Labute approximate surface area is 169 Å². The quantitative estimate of drug-likeness (QED) is 0.556. The van der Waals surface area contributed by atoms with Crippen LogP contribution >= 0.6 is 0 Å². The Morgan fingerprint density at radius 3 is 2.45 bits per heavy atom. The first-order chi connectivity index (χ1) is 14.0. The summed E-state index contributed by atoms with van der Waals surface area (Å²) in [6.07, 6.45) is 3.74. The molecule has 3 heterocycles. The van der Waals surface area contributed by atoms with E-state index in [-0.39, 0.29) is 36.5 Å². The number of hydrogen-bond donors (Lipinski definition) is 0. The SMILES string of the molecule is Cc1nc(F)ccc1C(=O)C1CC2CCCC(C1)N2C(=O)OCc1ccccc1. The highest BCUT2D eigenvalue weighted by atomic mass is 19.1. The third kappa shape index (κ3) is 4.16. The van der Waals surface area contributed by atoms with Crippen molar-refractivity contribution in [3.05, 3.63) is 65.2 Å². The summed E-state index contributed by atoms with van der Waals surface area (Å²) in [4.78, 5) is 31.5. The zero-order valence-corrected chi connectivity index (χ0v) is 16.5. The number of pyridine rings is 1. The van der Waals surface area contributed by atoms with Gasteiger partial charge in [-0.1, -0.05) is 30.3 Å². The van der Waals surface area contributed by atoms with Gasteiger partial charge in [-0.05, 0) is 56.7 Å². The van der Waals surface area contributed by atoms with Crippen LogP contribution in [0.3, 0.4) is 0 Å². The zero-order chi connectivity index (χ0) is 20.4. The van der Waals surface area contributed by atoms with Crippen LogP contribution in [0.4, 0.5) is 9.18 Å². The second-order valence-electron chi connectivity index (χ2n) is 7.99. The van der Waals surface area contributed by atoms with E-state index in [4.69, 9.17) is 4.74 Å². The van der Waals surface area contributed by atoms with E-state index in [1.165, 1.54) is 12.1 Å². The Kier molecular flexibility index (Phi) is 5.60. The molecule has 1 aromatic heterocycles. The number of carbonyl (C=O) groups excluding carboxylic acids is 2. The highest BCUT2D eigenvalue weighted by Crippen LogP contribution is 2.39. The number of benzene rings is 1. The highest BCUT2D eigenvalue weighted by Gasteiger charge is 2.44. The lowest BCUT2D eigenvalue weighted by Gasteiger charge is -2.47. The standard InChI is InChI=1S/C23H25FN2O3/c1-15-20(10-11-21(24)25-15)22(27)17-12-18-8-5-9-19(13-17)26(18)23(28)29-14-16-6-3-2-4-7-16/h2-4,6-7,10-11,17-19H,5,8-9,12-14H2,1H3. The second-order valence-corrected chi connectivity index (χ2v) is 7.99. The van der Waals surface area contributed by atoms with Crippen molar-refractivity contribution >= 4 is 11.9 Å². The van der Waals surface area contributed by atoms with Gasteiger partial charge in [0.25, 0.3) is 0 Å². The van der Waals surface area contributed by atoms with E-state index in [1.54, 1.807) is 6.92 Å². The molecule has 1 amide bonds. The maximum Gasteiger partial charge on any atom is 0.410 e. The van der Waals surface area contributed by atoms with Crippen molar-refractivity contribution in [1.29, 1.82) is 0 Å². The minimum absolute atomic E-state index is 0.00389. The summed E-state index contributed by atoms with van der Waals surface area (Å²) in [5, 5.41) is 0. The lowest BCUT2D eigenvalue weighted by atomic mass is 9.75. The van der Waals surface area contributed by atoms with Gasteiger partial charge in [0.1, 0.15) is 6.61 Å². The number of aryl methyl sites for hydroxylation is 1. The summed E-state index contributed by atoms with van der Waals surface area (Å²) in [6.45, 7) is 1.91. The molecule has 2 atom stereocenters. The van der Waals surface area contributed by atoms with Crippen LogP contribution in [0.15, 0.2) is 42.5 Å². The van der Waals surface area contributed by atoms with Crippen molar-refractivity contribution < 1.29 is 18.7 Å². The fourth-order valence-corrected chi connectivity index (χ4v) is 4.70. The summed E-state index contributed by atoms with van der Waals surface area (Å²) in [5.41, 5.74) is 1.86. The molecular formula is C23H25FN2O3. The number of aromatic nitrogens is 1. The Bertz CT molecular complexity index is 888. The van der Waals surface area contributed by atoms with Gasteiger partial charge in [-0.2, -0.15) is 4.39 Å². The smallest absolute Gasteiger partial charge is 0.410 e. The number of halogens is 1. The van der Waals surface area contributed by atoms with E-state index in [1.807, 2.05) is 35.2 Å². The average Bonchev–Trinajstić information content (AvgIpc) is 2.71. The van der Waals surface area contributed by atoms with Crippen molar-refractivity contribution in [3.63, 3.8) is 0 Å². The minimum Gasteiger partial charge on any atom is -0.445 e. The van der Waals surface area contributed by atoms with Gasteiger partial charge in [0.15, 0.2) is 5.78 Å². The van der Waals surface area contributed by atoms with Crippen LogP contribution in [0.2, 0.25) is 0 Å². The molecular weight excluding hydrogens is 371 g/mol. The number of piperidine rings is 2. The molecule has 2 aromatic rings. The van der Waals surface area contributed by atoms with Gasteiger partial charge in [0.05, 0.1) is 5.69 Å². The molecule has 2 aliphatic rings. The van der Waals surface area contributed by atoms with Gasteiger partial charge in [0, 0.05) is 23.6 Å². The number of carbonyl (C=O) groups is 2. The molecule has 4 rings (SSSR count). The first-order valence-corrected chi connectivity index (χ1v) is 10.2. The van der Waals surface area contributed by atoms with Crippen molar-refractivity contribution in [2.45, 2.75) is 57.7 Å². The molecule has 0 saturated carbocycles. The van der Waals surface area contributed by atoms with E-state index in [2.05, 4.69) is 4.98 Å². The summed E-state index contributed by atoms with van der Waals surface area (Å²) >= 11 is 0. The highest BCUT2D eigenvalue weighted by molar-refractivity contribution is 5.99. The number of fused-ring (bicyclic) bond motifs is 2.